The first-order valence-electron chi connectivity index (χ1n) is 36.5. The molecule has 2 heterocycles. The highest BCUT2D eigenvalue weighted by Gasteiger charge is 2.44. The highest BCUT2D eigenvalue weighted by Crippen LogP contribution is 2.63. The zero-order chi connectivity index (χ0) is 69.5. The SMILES string of the molecule is CC(C)(C)c1ccc(-c2ccc3c(c2)C2c4cc(-c5ccc(C(C)(C)C)cc5-c5ccccc5)ccc4N(c4cc(-c5ccccc5)cc(-c5ccccc5)c4)c4cc(C5c6ccccc6Cc6ccccc65)cc(c42)N3c2cc(-c3ccccc3)cc(-c3ccccc3)c2)c(-c2ccccc2)c1. The Balaban J connectivity index is 0.999. The fourth-order valence-corrected chi connectivity index (χ4v) is 16.7. The average Bonchev–Trinajstić information content (AvgIpc) is 0.690. The van der Waals surface area contributed by atoms with Gasteiger partial charge in [0.25, 0.3) is 0 Å². The number of hydrogen-bond donors (Lipinski definition) is 0. The summed E-state index contributed by atoms with van der Waals surface area (Å²) < 4.78 is 0. The van der Waals surface area contributed by atoms with Gasteiger partial charge in [-0.05, 0) is 229 Å². The molecule has 0 saturated heterocycles. The van der Waals surface area contributed by atoms with E-state index in [0.717, 1.165) is 85.1 Å². The van der Waals surface area contributed by atoms with E-state index in [1.807, 2.05) is 0 Å². The van der Waals surface area contributed by atoms with Crippen LogP contribution in [0.1, 0.15) is 109 Å². The molecule has 2 aliphatic heterocycles. The van der Waals surface area contributed by atoms with Gasteiger partial charge in [0, 0.05) is 28.8 Å². The minimum Gasteiger partial charge on any atom is -0.310 e. The van der Waals surface area contributed by atoms with E-state index >= 15 is 0 Å². The summed E-state index contributed by atoms with van der Waals surface area (Å²) in [5.41, 5.74) is 38.5. The maximum Gasteiger partial charge on any atom is 0.0527 e. The summed E-state index contributed by atoms with van der Waals surface area (Å²) in [6, 6.07) is 134. The van der Waals surface area contributed by atoms with Crippen molar-refractivity contribution in [1.82, 2.24) is 0 Å². The van der Waals surface area contributed by atoms with Gasteiger partial charge in [-0.2, -0.15) is 0 Å². The maximum absolute atomic E-state index is 2.67. The molecule has 0 N–H and O–H groups in total. The van der Waals surface area contributed by atoms with E-state index in [9.17, 15) is 0 Å². The van der Waals surface area contributed by atoms with Crippen LogP contribution in [0, 0.1) is 0 Å². The number of fused-ring (bicyclic) bond motifs is 6. The molecular formula is C101H80N2. The third kappa shape index (κ3) is 11.5. The first kappa shape index (κ1) is 63.1. The summed E-state index contributed by atoms with van der Waals surface area (Å²) in [4.78, 5) is 5.33. The standard InChI is InChI=1S/C101H80N2/c1-100(2,3)81-47-49-85(89(64-81)70-37-21-11-22-38-70)74-45-51-93-91(60-74)98-92-61-75(86-50-48-82(101(4,5)6)65-90(86)71-39-23-12-24-40-71)46-52-94(92)103(84-58-78(68-33-17-9-18-34-68)55-79(59-84)69-35-19-10-20-36-69)96-63-80(97-87-43-27-25-41-72(87)53-73-42-26-28-44-88(73)97)62-95(99(96)98)102(93)83-56-76(66-29-13-7-14-30-66)54-77(57-83)67-31-15-8-16-32-67/h7-52,54-65,97-98H,53H2,1-6H3. The predicted molar refractivity (Wildman–Crippen MR) is 434 cm³/mol. The molecule has 2 nitrogen and oxygen atoms in total. The molecule has 0 atom stereocenters. The largest absolute Gasteiger partial charge is 0.310 e. The van der Waals surface area contributed by atoms with E-state index in [1.165, 1.54) is 100 Å². The molecule has 0 spiro atoms. The van der Waals surface area contributed by atoms with E-state index in [2.05, 4.69) is 403 Å². The fraction of sp³-hybridized carbons (Fsp3) is 0.109. The van der Waals surface area contributed by atoms with Gasteiger partial charge in [-0.15, -0.1) is 0 Å². The highest BCUT2D eigenvalue weighted by atomic mass is 15.2. The molecule has 1 aliphatic carbocycles. The van der Waals surface area contributed by atoms with Crippen molar-refractivity contribution < 1.29 is 0 Å². The Morgan fingerprint density at radius 2 is 0.563 bits per heavy atom. The second-order valence-electron chi connectivity index (χ2n) is 30.4. The maximum atomic E-state index is 2.67. The van der Waals surface area contributed by atoms with Crippen molar-refractivity contribution in [3.05, 3.63) is 407 Å². The molecule has 18 rings (SSSR count). The van der Waals surface area contributed by atoms with Crippen LogP contribution < -0.4 is 9.80 Å². The molecule has 2 heteroatoms. The van der Waals surface area contributed by atoms with E-state index in [-0.39, 0.29) is 22.7 Å². The number of rotatable bonds is 11. The predicted octanol–water partition coefficient (Wildman–Crippen LogP) is 27.4. The van der Waals surface area contributed by atoms with E-state index in [0.29, 0.717) is 0 Å². The minimum atomic E-state index is -0.262. The van der Waals surface area contributed by atoms with Gasteiger partial charge in [0.1, 0.15) is 0 Å². The zero-order valence-electron chi connectivity index (χ0n) is 59.2. The molecule has 0 saturated carbocycles. The monoisotopic (exact) mass is 1320 g/mol. The van der Waals surface area contributed by atoms with Gasteiger partial charge in [0.05, 0.1) is 22.7 Å². The van der Waals surface area contributed by atoms with Gasteiger partial charge in [-0.1, -0.05) is 321 Å². The summed E-state index contributed by atoms with van der Waals surface area (Å²) in [6.45, 7) is 14.0. The molecular weight excluding hydrogens is 1240 g/mol. The zero-order valence-corrected chi connectivity index (χ0v) is 59.2. The molecule has 0 aromatic heterocycles. The molecule has 494 valence electrons. The molecule has 0 fully saturated rings. The Morgan fingerprint density at radius 1 is 0.233 bits per heavy atom. The molecule has 15 aromatic rings. The number of hydrogen-bond acceptors (Lipinski definition) is 2. The fourth-order valence-electron chi connectivity index (χ4n) is 16.7. The van der Waals surface area contributed by atoms with E-state index < -0.39 is 0 Å². The Bertz CT molecular complexity index is 5260. The number of benzene rings is 15. The molecule has 3 aliphatic rings. The van der Waals surface area contributed by atoms with Crippen LogP contribution in [-0.4, -0.2) is 0 Å². The Morgan fingerprint density at radius 3 is 0.913 bits per heavy atom. The van der Waals surface area contributed by atoms with Crippen molar-refractivity contribution in [3.8, 4) is 89.0 Å². The van der Waals surface area contributed by atoms with Crippen LogP contribution in [0.3, 0.4) is 0 Å². The van der Waals surface area contributed by atoms with E-state index in [4.69, 9.17) is 0 Å². The van der Waals surface area contributed by atoms with Crippen molar-refractivity contribution in [2.45, 2.75) is 70.6 Å². The Kier molecular flexibility index (Phi) is 15.6. The van der Waals surface area contributed by atoms with Crippen LogP contribution >= 0.6 is 0 Å². The quantitative estimate of drug-likeness (QED) is 0.127. The lowest BCUT2D eigenvalue weighted by Gasteiger charge is -2.46. The normalized spacial score (nSPS) is 13.2. The van der Waals surface area contributed by atoms with Crippen LogP contribution in [0.15, 0.2) is 352 Å². The Hall–Kier alpha value is -12.1. The second-order valence-corrected chi connectivity index (χ2v) is 30.4. The third-order valence-electron chi connectivity index (χ3n) is 21.9. The molecule has 15 aromatic carbocycles. The minimum absolute atomic E-state index is 0.0721. The third-order valence-corrected chi connectivity index (χ3v) is 21.9. The molecule has 0 amide bonds. The number of anilines is 6. The van der Waals surface area contributed by atoms with Crippen LogP contribution in [0.25, 0.3) is 89.0 Å². The molecule has 0 bridgehead atoms. The van der Waals surface area contributed by atoms with Gasteiger partial charge >= 0.3 is 0 Å². The van der Waals surface area contributed by atoms with Crippen LogP contribution in [0.5, 0.6) is 0 Å². The van der Waals surface area contributed by atoms with Crippen molar-refractivity contribution in [2.24, 2.45) is 0 Å². The lowest BCUT2D eigenvalue weighted by molar-refractivity contribution is 0.590. The summed E-state index contributed by atoms with van der Waals surface area (Å²) in [6.07, 6.45) is 0.880. The summed E-state index contributed by atoms with van der Waals surface area (Å²) in [7, 11) is 0. The van der Waals surface area contributed by atoms with Crippen LogP contribution in [0.4, 0.5) is 34.1 Å². The van der Waals surface area contributed by atoms with Crippen molar-refractivity contribution >= 4 is 34.1 Å². The van der Waals surface area contributed by atoms with Gasteiger partial charge < -0.3 is 9.80 Å². The van der Waals surface area contributed by atoms with Crippen LogP contribution in [-0.2, 0) is 17.3 Å². The first-order chi connectivity index (χ1) is 50.3. The summed E-state index contributed by atoms with van der Waals surface area (Å²) in [5, 5.41) is 0. The van der Waals surface area contributed by atoms with E-state index in [1.54, 1.807) is 0 Å². The lowest BCUT2D eigenvalue weighted by Crippen LogP contribution is -2.30. The Labute approximate surface area is 607 Å². The van der Waals surface area contributed by atoms with Crippen molar-refractivity contribution in [2.75, 3.05) is 9.80 Å². The van der Waals surface area contributed by atoms with Gasteiger partial charge in [0.15, 0.2) is 0 Å². The lowest BCUT2D eigenvalue weighted by atomic mass is 9.71. The molecule has 0 radical (unpaired) electrons. The second kappa shape index (κ2) is 25.5. The van der Waals surface area contributed by atoms with Gasteiger partial charge in [0.2, 0.25) is 0 Å². The molecule has 103 heavy (non-hydrogen) atoms. The smallest absolute Gasteiger partial charge is 0.0527 e. The topological polar surface area (TPSA) is 6.48 Å². The summed E-state index contributed by atoms with van der Waals surface area (Å²) in [5.74, 6) is -0.342. The van der Waals surface area contributed by atoms with Crippen molar-refractivity contribution in [3.63, 3.8) is 0 Å². The first-order valence-corrected chi connectivity index (χ1v) is 36.5. The van der Waals surface area contributed by atoms with Crippen molar-refractivity contribution in [1.29, 1.82) is 0 Å². The van der Waals surface area contributed by atoms with Gasteiger partial charge in [-0.25, -0.2) is 0 Å². The summed E-state index contributed by atoms with van der Waals surface area (Å²) >= 11 is 0. The molecule has 0 unspecified atom stereocenters. The van der Waals surface area contributed by atoms with Gasteiger partial charge in [-0.3, -0.25) is 0 Å². The van der Waals surface area contributed by atoms with Crippen LogP contribution in [0.2, 0.25) is 0 Å². The highest BCUT2D eigenvalue weighted by molar-refractivity contribution is 6.01. The average molecular weight is 1320 g/mol. The number of nitrogens with zero attached hydrogens (tertiary/aromatic N) is 2.